The average molecular weight is 366 g/mol. The van der Waals surface area contributed by atoms with Crippen molar-refractivity contribution in [2.75, 3.05) is 25.0 Å². The first kappa shape index (κ1) is 19.0. The second kappa shape index (κ2) is 9.21. The molecule has 2 amide bonds. The zero-order chi connectivity index (χ0) is 19.1. The molecule has 1 fully saturated rings. The Morgan fingerprint density at radius 3 is 2.37 bits per heavy atom. The minimum Gasteiger partial charge on any atom is -0.484 e. The molecule has 0 unspecified atom stereocenters. The first-order valence-corrected chi connectivity index (χ1v) is 9.50. The van der Waals surface area contributed by atoms with Crippen LogP contribution >= 0.6 is 0 Å². The van der Waals surface area contributed by atoms with Gasteiger partial charge in [0.1, 0.15) is 5.75 Å². The molecule has 3 rings (SSSR count). The van der Waals surface area contributed by atoms with E-state index in [1.165, 1.54) is 12.8 Å². The Morgan fingerprint density at radius 2 is 1.70 bits per heavy atom. The van der Waals surface area contributed by atoms with Gasteiger partial charge in [-0.3, -0.25) is 9.59 Å². The van der Waals surface area contributed by atoms with E-state index in [2.05, 4.69) is 5.32 Å². The summed E-state index contributed by atoms with van der Waals surface area (Å²) in [6.45, 7) is 3.57. The van der Waals surface area contributed by atoms with Crippen LogP contribution in [-0.4, -0.2) is 36.4 Å². The van der Waals surface area contributed by atoms with E-state index in [0.29, 0.717) is 17.0 Å². The quantitative estimate of drug-likeness (QED) is 0.869. The van der Waals surface area contributed by atoms with E-state index in [0.717, 1.165) is 31.5 Å². The number of carbonyl (C=O) groups is 2. The maximum atomic E-state index is 12.6. The molecule has 2 aromatic carbocycles. The third-order valence-corrected chi connectivity index (χ3v) is 4.67. The molecule has 0 aliphatic carbocycles. The molecule has 2 aromatic rings. The van der Waals surface area contributed by atoms with Gasteiger partial charge in [0.05, 0.1) is 0 Å². The molecule has 1 N–H and O–H groups in total. The summed E-state index contributed by atoms with van der Waals surface area (Å²) in [6.07, 6.45) is 4.53. The maximum absolute atomic E-state index is 12.6. The number of aryl methyl sites for hydroxylation is 1. The molecule has 5 nitrogen and oxygen atoms in total. The van der Waals surface area contributed by atoms with Gasteiger partial charge in [0.2, 0.25) is 0 Å². The summed E-state index contributed by atoms with van der Waals surface area (Å²) in [5, 5.41) is 2.79. The van der Waals surface area contributed by atoms with Crippen LogP contribution in [0.4, 0.5) is 5.69 Å². The van der Waals surface area contributed by atoms with Gasteiger partial charge < -0.3 is 15.0 Å². The molecule has 1 saturated heterocycles. The fourth-order valence-electron chi connectivity index (χ4n) is 3.20. The molecule has 1 aliphatic rings. The van der Waals surface area contributed by atoms with Crippen LogP contribution in [0.2, 0.25) is 0 Å². The lowest BCUT2D eigenvalue weighted by molar-refractivity contribution is -0.118. The van der Waals surface area contributed by atoms with Crippen molar-refractivity contribution in [2.24, 2.45) is 0 Å². The zero-order valence-corrected chi connectivity index (χ0v) is 15.7. The van der Waals surface area contributed by atoms with E-state index in [4.69, 9.17) is 4.74 Å². The molecule has 0 radical (unpaired) electrons. The summed E-state index contributed by atoms with van der Waals surface area (Å²) < 4.78 is 5.50. The highest BCUT2D eigenvalue weighted by molar-refractivity contribution is 5.96. The number of hydrogen-bond donors (Lipinski definition) is 1. The number of nitrogens with one attached hydrogen (secondary N) is 1. The number of hydrogen-bond acceptors (Lipinski definition) is 3. The first-order valence-electron chi connectivity index (χ1n) is 9.50. The van der Waals surface area contributed by atoms with E-state index < -0.39 is 0 Å². The van der Waals surface area contributed by atoms with Crippen molar-refractivity contribution in [1.29, 1.82) is 0 Å². The Balaban J connectivity index is 1.52. The molecule has 1 heterocycles. The largest absolute Gasteiger partial charge is 0.484 e. The lowest BCUT2D eigenvalue weighted by Crippen LogP contribution is -2.31. The molecule has 5 heteroatoms. The Morgan fingerprint density at radius 1 is 1.00 bits per heavy atom. The van der Waals surface area contributed by atoms with E-state index in [-0.39, 0.29) is 18.4 Å². The van der Waals surface area contributed by atoms with E-state index in [9.17, 15) is 9.59 Å². The number of likely N-dealkylation sites (tertiary alicyclic amines) is 1. The minimum absolute atomic E-state index is 0.0576. The van der Waals surface area contributed by atoms with Crippen molar-refractivity contribution < 1.29 is 14.3 Å². The number of rotatable bonds is 5. The highest BCUT2D eigenvalue weighted by atomic mass is 16.5. The van der Waals surface area contributed by atoms with Crippen molar-refractivity contribution in [3.63, 3.8) is 0 Å². The van der Waals surface area contributed by atoms with Crippen molar-refractivity contribution in [1.82, 2.24) is 4.90 Å². The van der Waals surface area contributed by atoms with Crippen molar-refractivity contribution in [2.45, 2.75) is 32.6 Å². The number of nitrogens with zero attached hydrogens (tertiary/aromatic N) is 1. The Kier molecular flexibility index (Phi) is 6.47. The summed E-state index contributed by atoms with van der Waals surface area (Å²) in [7, 11) is 0. The van der Waals surface area contributed by atoms with Crippen molar-refractivity contribution in [3.05, 3.63) is 59.7 Å². The van der Waals surface area contributed by atoms with Crippen LogP contribution in [0, 0.1) is 6.92 Å². The summed E-state index contributed by atoms with van der Waals surface area (Å²) in [5.74, 6) is 0.504. The van der Waals surface area contributed by atoms with Crippen LogP contribution in [-0.2, 0) is 4.79 Å². The summed E-state index contributed by atoms with van der Waals surface area (Å²) >= 11 is 0. The van der Waals surface area contributed by atoms with Gasteiger partial charge in [-0.15, -0.1) is 0 Å². The number of amides is 2. The van der Waals surface area contributed by atoms with E-state index in [1.54, 1.807) is 24.3 Å². The van der Waals surface area contributed by atoms with Gasteiger partial charge in [-0.25, -0.2) is 0 Å². The number of anilines is 1. The van der Waals surface area contributed by atoms with Crippen LogP contribution in [0.3, 0.4) is 0 Å². The fraction of sp³-hybridized carbons (Fsp3) is 0.364. The number of benzene rings is 2. The predicted octanol–water partition coefficient (Wildman–Crippen LogP) is 4.03. The van der Waals surface area contributed by atoms with Gasteiger partial charge in [0, 0.05) is 24.3 Å². The zero-order valence-electron chi connectivity index (χ0n) is 15.7. The highest BCUT2D eigenvalue weighted by Gasteiger charge is 2.17. The van der Waals surface area contributed by atoms with Crippen LogP contribution in [0.15, 0.2) is 48.5 Å². The smallest absolute Gasteiger partial charge is 0.262 e. The van der Waals surface area contributed by atoms with Crippen molar-refractivity contribution >= 4 is 17.5 Å². The summed E-state index contributed by atoms with van der Waals surface area (Å²) in [4.78, 5) is 26.6. The lowest BCUT2D eigenvalue weighted by atomic mass is 10.1. The van der Waals surface area contributed by atoms with Gasteiger partial charge in [0.25, 0.3) is 11.8 Å². The standard InChI is InChI=1S/C22H26N2O3/c1-17-7-6-8-20(15-17)27-16-21(25)23-19-11-9-18(10-12-19)22(26)24-13-4-2-3-5-14-24/h6-12,15H,2-5,13-14,16H2,1H3,(H,23,25). The van der Waals surface area contributed by atoms with Gasteiger partial charge in [0.15, 0.2) is 6.61 Å². The maximum Gasteiger partial charge on any atom is 0.262 e. The van der Waals surface area contributed by atoms with Gasteiger partial charge in [-0.2, -0.15) is 0 Å². The molecule has 0 bridgehead atoms. The van der Waals surface area contributed by atoms with Gasteiger partial charge >= 0.3 is 0 Å². The number of ether oxygens (including phenoxy) is 1. The van der Waals surface area contributed by atoms with Gasteiger partial charge in [-0.1, -0.05) is 25.0 Å². The van der Waals surface area contributed by atoms with Crippen LogP contribution in [0.1, 0.15) is 41.6 Å². The molecule has 0 saturated carbocycles. The third-order valence-electron chi connectivity index (χ3n) is 4.67. The van der Waals surface area contributed by atoms with Crippen LogP contribution < -0.4 is 10.1 Å². The van der Waals surface area contributed by atoms with Crippen LogP contribution in [0.5, 0.6) is 5.75 Å². The lowest BCUT2D eigenvalue weighted by Gasteiger charge is -2.20. The second-order valence-electron chi connectivity index (χ2n) is 6.94. The normalized spacial score (nSPS) is 14.3. The fourth-order valence-corrected chi connectivity index (χ4v) is 3.20. The third kappa shape index (κ3) is 5.58. The molecule has 1 aliphatic heterocycles. The molecular weight excluding hydrogens is 340 g/mol. The van der Waals surface area contributed by atoms with Gasteiger partial charge in [-0.05, 0) is 61.7 Å². The van der Waals surface area contributed by atoms with E-state index >= 15 is 0 Å². The van der Waals surface area contributed by atoms with Crippen molar-refractivity contribution in [3.8, 4) is 5.75 Å². The molecule has 142 valence electrons. The minimum atomic E-state index is -0.233. The average Bonchev–Trinajstić information content (AvgIpc) is 2.96. The molecule has 0 spiro atoms. The van der Waals surface area contributed by atoms with E-state index in [1.807, 2.05) is 36.1 Å². The Bertz CT molecular complexity index is 778. The second-order valence-corrected chi connectivity index (χ2v) is 6.94. The Hall–Kier alpha value is -2.82. The molecular formula is C22H26N2O3. The SMILES string of the molecule is Cc1cccc(OCC(=O)Nc2ccc(C(=O)N3CCCCCC3)cc2)c1. The molecule has 27 heavy (non-hydrogen) atoms. The summed E-state index contributed by atoms with van der Waals surface area (Å²) in [5.41, 5.74) is 2.39. The van der Waals surface area contributed by atoms with Crippen LogP contribution in [0.25, 0.3) is 0 Å². The molecule has 0 atom stereocenters. The predicted molar refractivity (Wildman–Crippen MR) is 106 cm³/mol. The Labute approximate surface area is 160 Å². The topological polar surface area (TPSA) is 58.6 Å². The number of carbonyl (C=O) groups excluding carboxylic acids is 2. The first-order chi connectivity index (χ1) is 13.1. The highest BCUT2D eigenvalue weighted by Crippen LogP contribution is 2.16. The summed E-state index contributed by atoms with van der Waals surface area (Å²) in [6, 6.07) is 14.6. The monoisotopic (exact) mass is 366 g/mol. The molecule has 0 aromatic heterocycles.